The third kappa shape index (κ3) is 3.74. The summed E-state index contributed by atoms with van der Waals surface area (Å²) in [6.45, 7) is 6.59. The average molecular weight is 324 g/mol. The van der Waals surface area contributed by atoms with E-state index in [1.807, 2.05) is 18.2 Å². The molecule has 1 aromatic carbocycles. The first kappa shape index (κ1) is 16.5. The lowest BCUT2D eigenvalue weighted by molar-refractivity contribution is -0.121. The van der Waals surface area contributed by atoms with Crippen LogP contribution in [-0.4, -0.2) is 41.2 Å². The number of hydrogen-bond acceptors (Lipinski definition) is 3. The van der Waals surface area contributed by atoms with Crippen molar-refractivity contribution in [2.75, 3.05) is 19.6 Å². The number of carbonyl (C=O) groups excluding carboxylic acids is 1. The fraction of sp³-hybridized carbons (Fsp3) is 0.368. The van der Waals surface area contributed by atoms with Crippen LogP contribution < -0.4 is 5.43 Å². The summed E-state index contributed by atoms with van der Waals surface area (Å²) in [4.78, 5) is 14.1. The van der Waals surface area contributed by atoms with Gasteiger partial charge < -0.3 is 4.57 Å². The molecule has 1 aliphatic rings. The van der Waals surface area contributed by atoms with Crippen molar-refractivity contribution in [3.8, 4) is 5.69 Å². The summed E-state index contributed by atoms with van der Waals surface area (Å²) in [5.41, 5.74) is 7.02. The van der Waals surface area contributed by atoms with Gasteiger partial charge in [0.25, 0.3) is 5.91 Å². The van der Waals surface area contributed by atoms with Crippen molar-refractivity contribution >= 4 is 12.1 Å². The standard InChI is InChI=1S/C19H24N4O/c1-15-12-17(16(2)23(15)18-8-4-3-5-9-18)13-20-21-19(24)14-22-10-6-7-11-22/h3-5,8-9,12-13H,6-7,10-11,14H2,1-2H3,(H,21,24)/b20-13-. The Morgan fingerprint density at radius 2 is 1.92 bits per heavy atom. The predicted molar refractivity (Wildman–Crippen MR) is 96.7 cm³/mol. The zero-order chi connectivity index (χ0) is 16.9. The van der Waals surface area contributed by atoms with Crippen LogP contribution in [0.2, 0.25) is 0 Å². The Bertz CT molecular complexity index is 727. The molecule has 0 unspecified atom stereocenters. The first-order valence-electron chi connectivity index (χ1n) is 8.44. The molecule has 1 saturated heterocycles. The predicted octanol–water partition coefficient (Wildman–Crippen LogP) is 2.64. The molecule has 126 valence electrons. The van der Waals surface area contributed by atoms with Crippen molar-refractivity contribution in [3.05, 3.63) is 53.3 Å². The van der Waals surface area contributed by atoms with E-state index in [0.29, 0.717) is 6.54 Å². The molecular formula is C19H24N4O. The van der Waals surface area contributed by atoms with Crippen molar-refractivity contribution in [3.63, 3.8) is 0 Å². The normalized spacial score (nSPS) is 15.2. The van der Waals surface area contributed by atoms with Crippen LogP contribution in [0.1, 0.15) is 29.8 Å². The summed E-state index contributed by atoms with van der Waals surface area (Å²) < 4.78 is 2.19. The zero-order valence-corrected chi connectivity index (χ0v) is 14.3. The fourth-order valence-corrected chi connectivity index (χ4v) is 3.25. The van der Waals surface area contributed by atoms with Crippen LogP contribution >= 0.6 is 0 Å². The van der Waals surface area contributed by atoms with E-state index in [1.165, 1.54) is 12.8 Å². The monoisotopic (exact) mass is 324 g/mol. The second-order valence-corrected chi connectivity index (χ2v) is 6.27. The van der Waals surface area contributed by atoms with Crippen molar-refractivity contribution < 1.29 is 4.79 Å². The van der Waals surface area contributed by atoms with E-state index in [2.05, 4.69) is 52.0 Å². The smallest absolute Gasteiger partial charge is 0.254 e. The van der Waals surface area contributed by atoms with Gasteiger partial charge in [-0.3, -0.25) is 9.69 Å². The van der Waals surface area contributed by atoms with Gasteiger partial charge in [0.1, 0.15) is 0 Å². The molecule has 0 bridgehead atoms. The molecule has 1 N–H and O–H groups in total. The number of rotatable bonds is 5. The van der Waals surface area contributed by atoms with Gasteiger partial charge in [-0.1, -0.05) is 18.2 Å². The number of nitrogens with zero attached hydrogens (tertiary/aromatic N) is 3. The maximum atomic E-state index is 11.9. The van der Waals surface area contributed by atoms with Crippen LogP contribution in [0.4, 0.5) is 0 Å². The molecule has 0 saturated carbocycles. The molecule has 3 rings (SSSR count). The Hall–Kier alpha value is -2.40. The number of amides is 1. The van der Waals surface area contributed by atoms with E-state index >= 15 is 0 Å². The van der Waals surface area contributed by atoms with Crippen LogP contribution in [0.15, 0.2) is 41.5 Å². The maximum Gasteiger partial charge on any atom is 0.254 e. The van der Waals surface area contributed by atoms with Crippen molar-refractivity contribution in [1.29, 1.82) is 0 Å². The van der Waals surface area contributed by atoms with Crippen LogP contribution in [0.3, 0.4) is 0 Å². The SMILES string of the molecule is Cc1cc(/C=N\NC(=O)CN2CCCC2)c(C)n1-c1ccccc1. The third-order valence-electron chi connectivity index (χ3n) is 4.44. The average Bonchev–Trinajstić information content (AvgIpc) is 3.17. The highest BCUT2D eigenvalue weighted by molar-refractivity contribution is 5.84. The van der Waals surface area contributed by atoms with Gasteiger partial charge in [-0.15, -0.1) is 0 Å². The largest absolute Gasteiger partial charge is 0.318 e. The van der Waals surface area contributed by atoms with E-state index in [4.69, 9.17) is 0 Å². The highest BCUT2D eigenvalue weighted by Crippen LogP contribution is 2.19. The van der Waals surface area contributed by atoms with Gasteiger partial charge in [-0.05, 0) is 58.0 Å². The Morgan fingerprint density at radius 1 is 1.21 bits per heavy atom. The highest BCUT2D eigenvalue weighted by atomic mass is 16.2. The number of aryl methyl sites for hydroxylation is 1. The highest BCUT2D eigenvalue weighted by Gasteiger charge is 2.14. The maximum absolute atomic E-state index is 11.9. The third-order valence-corrected chi connectivity index (χ3v) is 4.44. The first-order valence-corrected chi connectivity index (χ1v) is 8.44. The van der Waals surface area contributed by atoms with Crippen molar-refractivity contribution in [1.82, 2.24) is 14.9 Å². The van der Waals surface area contributed by atoms with Gasteiger partial charge in [-0.25, -0.2) is 5.43 Å². The minimum atomic E-state index is -0.0509. The number of para-hydroxylation sites is 1. The lowest BCUT2D eigenvalue weighted by Crippen LogP contribution is -2.33. The lowest BCUT2D eigenvalue weighted by atomic mass is 10.2. The summed E-state index contributed by atoms with van der Waals surface area (Å²) >= 11 is 0. The van der Waals surface area contributed by atoms with Gasteiger partial charge >= 0.3 is 0 Å². The van der Waals surface area contributed by atoms with Crippen LogP contribution in [0.5, 0.6) is 0 Å². The minimum absolute atomic E-state index is 0.0509. The molecule has 5 heteroatoms. The Kier molecular flexibility index (Phi) is 5.11. The Balaban J connectivity index is 1.66. The minimum Gasteiger partial charge on any atom is -0.318 e. The van der Waals surface area contributed by atoms with E-state index in [0.717, 1.165) is 35.7 Å². The molecule has 0 spiro atoms. The Labute approximate surface area is 143 Å². The number of carbonyl (C=O) groups is 1. The summed E-state index contributed by atoms with van der Waals surface area (Å²) in [7, 11) is 0. The number of hydrazone groups is 1. The molecule has 0 radical (unpaired) electrons. The second kappa shape index (κ2) is 7.45. The molecular weight excluding hydrogens is 300 g/mol. The van der Waals surface area contributed by atoms with Crippen LogP contribution in [0.25, 0.3) is 5.69 Å². The fourth-order valence-electron chi connectivity index (χ4n) is 3.25. The summed E-state index contributed by atoms with van der Waals surface area (Å²) in [6, 6.07) is 12.3. The molecule has 2 heterocycles. The molecule has 0 aliphatic carbocycles. The molecule has 5 nitrogen and oxygen atoms in total. The molecule has 1 aromatic heterocycles. The van der Waals surface area contributed by atoms with E-state index in [-0.39, 0.29) is 5.91 Å². The molecule has 1 fully saturated rings. The van der Waals surface area contributed by atoms with Crippen molar-refractivity contribution in [2.24, 2.45) is 5.10 Å². The lowest BCUT2D eigenvalue weighted by Gasteiger charge is -2.12. The molecule has 1 aliphatic heterocycles. The number of nitrogens with one attached hydrogen (secondary N) is 1. The summed E-state index contributed by atoms with van der Waals surface area (Å²) in [6.07, 6.45) is 4.09. The summed E-state index contributed by atoms with van der Waals surface area (Å²) in [5.74, 6) is -0.0509. The zero-order valence-electron chi connectivity index (χ0n) is 14.3. The number of benzene rings is 1. The van der Waals surface area contributed by atoms with Crippen LogP contribution in [-0.2, 0) is 4.79 Å². The molecule has 0 atom stereocenters. The van der Waals surface area contributed by atoms with E-state index in [1.54, 1.807) is 6.21 Å². The number of likely N-dealkylation sites (tertiary alicyclic amines) is 1. The Morgan fingerprint density at radius 3 is 2.62 bits per heavy atom. The number of aromatic nitrogens is 1. The quantitative estimate of drug-likeness (QED) is 0.679. The van der Waals surface area contributed by atoms with Gasteiger partial charge in [0, 0.05) is 22.6 Å². The van der Waals surface area contributed by atoms with E-state index < -0.39 is 0 Å². The molecule has 24 heavy (non-hydrogen) atoms. The topological polar surface area (TPSA) is 49.6 Å². The molecule has 1 amide bonds. The second-order valence-electron chi connectivity index (χ2n) is 6.27. The van der Waals surface area contributed by atoms with Gasteiger partial charge in [0.15, 0.2) is 0 Å². The van der Waals surface area contributed by atoms with Crippen LogP contribution in [0, 0.1) is 13.8 Å². The summed E-state index contributed by atoms with van der Waals surface area (Å²) in [5, 5.41) is 4.13. The molecule has 2 aromatic rings. The van der Waals surface area contributed by atoms with Gasteiger partial charge in [0.2, 0.25) is 0 Å². The number of hydrogen-bond donors (Lipinski definition) is 1. The van der Waals surface area contributed by atoms with Gasteiger partial charge in [0.05, 0.1) is 12.8 Å². The van der Waals surface area contributed by atoms with E-state index in [9.17, 15) is 4.79 Å². The first-order chi connectivity index (χ1) is 11.6. The van der Waals surface area contributed by atoms with Crippen molar-refractivity contribution in [2.45, 2.75) is 26.7 Å². The van der Waals surface area contributed by atoms with Gasteiger partial charge in [-0.2, -0.15) is 5.10 Å².